The minimum Gasteiger partial charge on any atom is -0.423 e. The number of thiophene rings is 1. The zero-order valence-electron chi connectivity index (χ0n) is 6.87. The Labute approximate surface area is 97.7 Å². The first kappa shape index (κ1) is 10.3. The standard InChI is InChI=1S/C8H5BFIO2S/c10-7-3-4-6(11)2-1-5(9(12)13)8(4)14-7/h1-3,12-13H. The number of benzene rings is 1. The van der Waals surface area contributed by atoms with E-state index in [1.807, 2.05) is 0 Å². The molecule has 0 spiro atoms. The molecule has 0 saturated carbocycles. The second-order valence-electron chi connectivity index (χ2n) is 2.80. The van der Waals surface area contributed by atoms with Crippen LogP contribution in [0.1, 0.15) is 0 Å². The molecule has 1 aromatic heterocycles. The van der Waals surface area contributed by atoms with Gasteiger partial charge in [0.15, 0.2) is 5.13 Å². The lowest BCUT2D eigenvalue weighted by Crippen LogP contribution is -2.29. The van der Waals surface area contributed by atoms with Crippen molar-refractivity contribution >= 4 is 56.6 Å². The van der Waals surface area contributed by atoms with Crippen LogP contribution in [0.3, 0.4) is 0 Å². The van der Waals surface area contributed by atoms with E-state index >= 15 is 0 Å². The summed E-state index contributed by atoms with van der Waals surface area (Å²) in [5.41, 5.74) is 0.356. The summed E-state index contributed by atoms with van der Waals surface area (Å²) in [6.07, 6.45) is 0. The lowest BCUT2D eigenvalue weighted by atomic mass is 9.80. The molecule has 0 aliphatic heterocycles. The molecular weight excluding hydrogens is 317 g/mol. The predicted octanol–water partition coefficient (Wildman–Crippen LogP) is 1.32. The maximum atomic E-state index is 13.0. The van der Waals surface area contributed by atoms with E-state index in [4.69, 9.17) is 10.0 Å². The van der Waals surface area contributed by atoms with Gasteiger partial charge in [0, 0.05) is 19.1 Å². The highest BCUT2D eigenvalue weighted by Gasteiger charge is 2.17. The van der Waals surface area contributed by atoms with Gasteiger partial charge in [-0.2, -0.15) is 4.39 Å². The molecular formula is C8H5BFIO2S. The van der Waals surface area contributed by atoms with E-state index in [-0.39, 0.29) is 5.13 Å². The fourth-order valence-electron chi connectivity index (χ4n) is 1.28. The van der Waals surface area contributed by atoms with Crippen molar-refractivity contribution < 1.29 is 14.4 Å². The van der Waals surface area contributed by atoms with Crippen molar-refractivity contribution in [3.8, 4) is 0 Å². The number of halogens is 2. The van der Waals surface area contributed by atoms with E-state index in [2.05, 4.69) is 22.6 Å². The van der Waals surface area contributed by atoms with Crippen LogP contribution in [0.5, 0.6) is 0 Å². The van der Waals surface area contributed by atoms with Gasteiger partial charge in [0.05, 0.1) is 0 Å². The van der Waals surface area contributed by atoms with Crippen LogP contribution in [-0.2, 0) is 0 Å². The van der Waals surface area contributed by atoms with Gasteiger partial charge in [-0.15, -0.1) is 11.3 Å². The molecule has 0 bridgehead atoms. The van der Waals surface area contributed by atoms with Crippen molar-refractivity contribution in [2.75, 3.05) is 0 Å². The normalized spacial score (nSPS) is 10.9. The Bertz CT molecular complexity index is 485. The van der Waals surface area contributed by atoms with Gasteiger partial charge in [-0.1, -0.05) is 6.07 Å². The quantitative estimate of drug-likeness (QED) is 0.614. The van der Waals surface area contributed by atoms with Crippen molar-refractivity contribution in [3.63, 3.8) is 0 Å². The van der Waals surface area contributed by atoms with Crippen molar-refractivity contribution in [3.05, 3.63) is 26.9 Å². The molecule has 0 amide bonds. The maximum Gasteiger partial charge on any atom is 0.489 e. The van der Waals surface area contributed by atoms with Gasteiger partial charge >= 0.3 is 7.12 Å². The Hall–Kier alpha value is -0.175. The summed E-state index contributed by atoms with van der Waals surface area (Å²) in [6, 6.07) is 4.75. The van der Waals surface area contributed by atoms with Crippen LogP contribution in [0.25, 0.3) is 10.1 Å². The maximum absolute atomic E-state index is 13.0. The molecule has 2 nitrogen and oxygen atoms in total. The molecule has 14 heavy (non-hydrogen) atoms. The molecule has 2 rings (SSSR count). The third kappa shape index (κ3) is 1.67. The SMILES string of the molecule is OB(O)c1ccc(I)c2cc(F)sc12. The van der Waals surface area contributed by atoms with E-state index in [9.17, 15) is 4.39 Å². The fourth-order valence-corrected chi connectivity index (χ4v) is 3.01. The minimum absolute atomic E-state index is 0.314. The Morgan fingerprint density at radius 1 is 1.36 bits per heavy atom. The monoisotopic (exact) mass is 322 g/mol. The summed E-state index contributed by atoms with van der Waals surface area (Å²) < 4.78 is 14.5. The van der Waals surface area contributed by atoms with Crippen molar-refractivity contribution in [1.82, 2.24) is 0 Å². The molecule has 72 valence electrons. The third-order valence-electron chi connectivity index (χ3n) is 1.91. The van der Waals surface area contributed by atoms with Crippen LogP contribution >= 0.6 is 33.9 Å². The summed E-state index contributed by atoms with van der Waals surface area (Å²) >= 11 is 3.02. The first-order valence-corrected chi connectivity index (χ1v) is 5.72. The summed E-state index contributed by atoms with van der Waals surface area (Å²) in [7, 11) is -1.55. The van der Waals surface area contributed by atoms with Crippen LogP contribution in [-0.4, -0.2) is 17.2 Å². The van der Waals surface area contributed by atoms with Gasteiger partial charge in [-0.25, -0.2) is 0 Å². The zero-order chi connectivity index (χ0) is 10.3. The van der Waals surface area contributed by atoms with Crippen LogP contribution in [0, 0.1) is 8.70 Å². The highest BCUT2D eigenvalue weighted by molar-refractivity contribution is 14.1. The van der Waals surface area contributed by atoms with Crippen molar-refractivity contribution in [2.45, 2.75) is 0 Å². The number of rotatable bonds is 1. The Kier molecular flexibility index (Phi) is 2.78. The molecule has 0 saturated heterocycles. The number of hydrogen-bond donors (Lipinski definition) is 2. The second kappa shape index (κ2) is 3.76. The summed E-state index contributed by atoms with van der Waals surface area (Å²) in [5, 5.41) is 18.5. The molecule has 0 aliphatic carbocycles. The summed E-state index contributed by atoms with van der Waals surface area (Å²) in [4.78, 5) is 0. The third-order valence-corrected chi connectivity index (χ3v) is 3.82. The van der Waals surface area contributed by atoms with Gasteiger partial charge < -0.3 is 10.0 Å². The van der Waals surface area contributed by atoms with E-state index in [1.54, 1.807) is 12.1 Å². The molecule has 2 N–H and O–H groups in total. The molecule has 0 unspecified atom stereocenters. The van der Waals surface area contributed by atoms with Gasteiger partial charge in [0.25, 0.3) is 0 Å². The molecule has 1 heterocycles. The van der Waals surface area contributed by atoms with Gasteiger partial charge in [0.2, 0.25) is 0 Å². The Balaban J connectivity index is 2.81. The number of fused-ring (bicyclic) bond motifs is 1. The molecule has 1 aromatic carbocycles. The van der Waals surface area contributed by atoms with E-state index < -0.39 is 7.12 Å². The molecule has 0 fully saturated rings. The topological polar surface area (TPSA) is 40.5 Å². The molecule has 0 atom stereocenters. The van der Waals surface area contributed by atoms with Crippen LogP contribution in [0.15, 0.2) is 18.2 Å². The minimum atomic E-state index is -1.55. The first-order valence-electron chi connectivity index (χ1n) is 3.83. The van der Waals surface area contributed by atoms with Crippen molar-refractivity contribution in [1.29, 1.82) is 0 Å². The molecule has 2 aromatic rings. The molecule has 6 heteroatoms. The summed E-state index contributed by atoms with van der Waals surface area (Å²) in [6.45, 7) is 0. The fraction of sp³-hybridized carbons (Fsp3) is 0. The zero-order valence-corrected chi connectivity index (χ0v) is 9.84. The van der Waals surface area contributed by atoms with Crippen molar-refractivity contribution in [2.24, 2.45) is 0 Å². The number of hydrogen-bond acceptors (Lipinski definition) is 3. The van der Waals surface area contributed by atoms with E-state index in [1.165, 1.54) is 6.07 Å². The lowest BCUT2D eigenvalue weighted by molar-refractivity contribution is 0.426. The predicted molar refractivity (Wildman–Crippen MR) is 64.3 cm³/mol. The Morgan fingerprint density at radius 3 is 2.71 bits per heavy atom. The summed E-state index contributed by atoms with van der Waals surface area (Å²) in [5.74, 6) is 0. The molecule has 0 radical (unpaired) electrons. The smallest absolute Gasteiger partial charge is 0.423 e. The average Bonchev–Trinajstić information content (AvgIpc) is 2.47. The lowest BCUT2D eigenvalue weighted by Gasteiger charge is -2.01. The first-order chi connectivity index (χ1) is 6.59. The Morgan fingerprint density at radius 2 is 2.07 bits per heavy atom. The van der Waals surface area contributed by atoms with Crippen LogP contribution in [0.2, 0.25) is 0 Å². The van der Waals surface area contributed by atoms with Crippen LogP contribution < -0.4 is 5.46 Å². The van der Waals surface area contributed by atoms with Crippen LogP contribution in [0.4, 0.5) is 4.39 Å². The van der Waals surface area contributed by atoms with Gasteiger partial charge in [-0.05, 0) is 34.7 Å². The average molecular weight is 322 g/mol. The van der Waals surface area contributed by atoms with Gasteiger partial charge in [0.1, 0.15) is 0 Å². The molecule has 0 aliphatic rings. The van der Waals surface area contributed by atoms with E-state index in [0.29, 0.717) is 10.2 Å². The second-order valence-corrected chi connectivity index (χ2v) is 4.97. The van der Waals surface area contributed by atoms with Gasteiger partial charge in [-0.3, -0.25) is 0 Å². The van der Waals surface area contributed by atoms with E-state index in [0.717, 1.165) is 20.3 Å². The largest absolute Gasteiger partial charge is 0.489 e. The highest BCUT2D eigenvalue weighted by Crippen LogP contribution is 2.26. The highest BCUT2D eigenvalue weighted by atomic mass is 127.